The molecule has 0 saturated carbocycles. The molecule has 0 aliphatic carbocycles. The van der Waals surface area contributed by atoms with E-state index < -0.39 is 61.5 Å². The maximum atomic E-state index is 13.1. The number of benzene rings is 2. The fourth-order valence-corrected chi connectivity index (χ4v) is 8.10. The van der Waals surface area contributed by atoms with E-state index in [1.165, 1.54) is 14.7 Å². The van der Waals surface area contributed by atoms with E-state index in [-0.39, 0.29) is 83.2 Å². The molecule has 3 aromatic rings. The predicted molar refractivity (Wildman–Crippen MR) is 208 cm³/mol. The molecule has 1 heterocycles. The Bertz CT molecular complexity index is 1990. The molecule has 0 aromatic heterocycles. The van der Waals surface area contributed by atoms with Gasteiger partial charge in [0.25, 0.3) is 10.9 Å². The molecule has 2 atom stereocenters. The summed E-state index contributed by atoms with van der Waals surface area (Å²) in [5.41, 5.74) is 4.71. The third-order valence-electron chi connectivity index (χ3n) is 9.96. The fraction of sp³-hybridized carbons (Fsp3) is 0.500. The van der Waals surface area contributed by atoms with E-state index in [1.54, 1.807) is 17.9 Å². The highest BCUT2D eigenvalue weighted by Gasteiger charge is 2.31. The first-order valence-electron chi connectivity index (χ1n) is 18.3. The Morgan fingerprint density at radius 1 is 0.750 bits per heavy atom. The van der Waals surface area contributed by atoms with Crippen LogP contribution in [0.25, 0.3) is 11.1 Å². The molecule has 17 nitrogen and oxygen atoms in total. The Hall–Kier alpha value is -4.64. The van der Waals surface area contributed by atoms with Gasteiger partial charge in [0.1, 0.15) is 17.5 Å². The molecule has 306 valence electrons. The summed E-state index contributed by atoms with van der Waals surface area (Å²) in [6, 6.07) is 6.62. The van der Waals surface area contributed by atoms with Crippen LogP contribution >= 0.6 is 7.82 Å². The molecule has 0 bridgehead atoms. The van der Waals surface area contributed by atoms with Crippen LogP contribution in [0.4, 0.5) is 5.69 Å². The molecule has 3 aromatic carbocycles. The van der Waals surface area contributed by atoms with E-state index in [0.717, 1.165) is 33.4 Å². The van der Waals surface area contributed by atoms with Gasteiger partial charge in [0.15, 0.2) is 5.75 Å². The van der Waals surface area contributed by atoms with Gasteiger partial charge in [0.2, 0.25) is 0 Å². The van der Waals surface area contributed by atoms with Crippen LogP contribution in [0.1, 0.15) is 40.7 Å². The lowest BCUT2D eigenvalue weighted by atomic mass is 9.90. The molecule has 1 aliphatic rings. The molecule has 4 rings (SSSR count). The van der Waals surface area contributed by atoms with E-state index in [4.69, 9.17) is 9.05 Å². The maximum Gasteiger partial charge on any atom is 0.527 e. The third-order valence-corrected chi connectivity index (χ3v) is 10.9. The Morgan fingerprint density at radius 2 is 1.29 bits per heavy atom. The van der Waals surface area contributed by atoms with Crippen LogP contribution in [0.2, 0.25) is 0 Å². The summed E-state index contributed by atoms with van der Waals surface area (Å²) in [7, 11) is -4.64. The van der Waals surface area contributed by atoms with Crippen LogP contribution in [0.15, 0.2) is 33.9 Å². The zero-order chi connectivity index (χ0) is 41.5. The lowest BCUT2D eigenvalue weighted by Crippen LogP contribution is -2.52. The van der Waals surface area contributed by atoms with Crippen LogP contribution in [-0.2, 0) is 23.5 Å². The minimum Gasteiger partial charge on any atom is -0.502 e. The summed E-state index contributed by atoms with van der Waals surface area (Å²) in [5, 5.41) is 39.5. The van der Waals surface area contributed by atoms with Gasteiger partial charge in [0, 0.05) is 52.4 Å². The van der Waals surface area contributed by atoms with Gasteiger partial charge in [0.05, 0.1) is 19.7 Å². The monoisotopic (exact) mass is 802 g/mol. The molecule has 1 saturated heterocycles. The second-order valence-corrected chi connectivity index (χ2v) is 15.7. The van der Waals surface area contributed by atoms with Crippen molar-refractivity contribution < 1.29 is 53.3 Å². The normalized spacial score (nSPS) is 17.1. The first-order valence-corrected chi connectivity index (χ1v) is 19.8. The van der Waals surface area contributed by atoms with Crippen molar-refractivity contribution in [3.63, 3.8) is 0 Å². The maximum absolute atomic E-state index is 13.1. The number of carbonyl (C=O) groups is 3. The Balaban J connectivity index is 1.44. The second kappa shape index (κ2) is 19.0. The van der Waals surface area contributed by atoms with E-state index in [1.807, 2.05) is 33.8 Å². The Kier molecular flexibility index (Phi) is 15.0. The molecule has 5 N–H and O–H groups in total. The zero-order valence-electron chi connectivity index (χ0n) is 32.3. The molecule has 1 unspecified atom stereocenters. The molecule has 18 heteroatoms. The highest BCUT2D eigenvalue weighted by molar-refractivity contribution is 7.47. The van der Waals surface area contributed by atoms with Crippen molar-refractivity contribution in [3.8, 4) is 22.6 Å². The van der Waals surface area contributed by atoms with Gasteiger partial charge in [-0.1, -0.05) is 17.7 Å². The highest BCUT2D eigenvalue weighted by atomic mass is 31.2. The van der Waals surface area contributed by atoms with Crippen LogP contribution in [0, 0.1) is 34.6 Å². The van der Waals surface area contributed by atoms with Crippen molar-refractivity contribution in [2.45, 2.75) is 53.5 Å². The summed E-state index contributed by atoms with van der Waals surface area (Å²) in [5.74, 6) is -4.05. The average molecular weight is 803 g/mol. The molecule has 0 amide bonds. The second-order valence-electron chi connectivity index (χ2n) is 14.3. The number of carboxylic acids is 3. The van der Waals surface area contributed by atoms with Crippen LogP contribution in [-0.4, -0.2) is 136 Å². The minimum atomic E-state index is -4.64. The van der Waals surface area contributed by atoms with E-state index in [9.17, 15) is 53.9 Å². The summed E-state index contributed by atoms with van der Waals surface area (Å²) in [6.07, 6.45) is -0.00503. The van der Waals surface area contributed by atoms with Crippen molar-refractivity contribution in [2.75, 3.05) is 77.0 Å². The van der Waals surface area contributed by atoms with Crippen molar-refractivity contribution >= 4 is 31.4 Å². The van der Waals surface area contributed by atoms with Crippen LogP contribution < -0.4 is 20.3 Å². The van der Waals surface area contributed by atoms with Gasteiger partial charge < -0.3 is 29.8 Å². The number of aromatic hydroxyl groups is 1. The number of rotatable bonds is 15. The van der Waals surface area contributed by atoms with E-state index in [0.29, 0.717) is 5.56 Å². The van der Waals surface area contributed by atoms with Gasteiger partial charge in [-0.2, -0.15) is 0 Å². The lowest BCUT2D eigenvalue weighted by Gasteiger charge is -2.36. The quantitative estimate of drug-likeness (QED) is 0.0844. The topological polar surface area (TPSA) is 235 Å². The van der Waals surface area contributed by atoms with Gasteiger partial charge in [-0.05, 0) is 93.0 Å². The van der Waals surface area contributed by atoms with Crippen molar-refractivity contribution in [3.05, 3.63) is 72.5 Å². The van der Waals surface area contributed by atoms with E-state index in [2.05, 4.69) is 12.1 Å². The molecule has 56 heavy (non-hydrogen) atoms. The first kappa shape index (κ1) is 44.1. The van der Waals surface area contributed by atoms with Crippen LogP contribution in [0.3, 0.4) is 0 Å². The first-order chi connectivity index (χ1) is 26.3. The number of aryl methyl sites for hydroxylation is 5. The van der Waals surface area contributed by atoms with Crippen molar-refractivity contribution in [1.82, 2.24) is 14.7 Å². The number of aliphatic carboxylic acids is 3. The zero-order valence-corrected chi connectivity index (χ0v) is 33.2. The molecular weight excluding hydrogens is 751 g/mol. The Labute approximate surface area is 324 Å². The average Bonchev–Trinajstić information content (AvgIpc) is 3.09. The van der Waals surface area contributed by atoms with Crippen molar-refractivity contribution in [2.24, 2.45) is 0 Å². The molecule has 0 radical (unpaired) electrons. The minimum absolute atomic E-state index is 0.0188. The summed E-state index contributed by atoms with van der Waals surface area (Å²) < 4.78 is 23.8. The summed E-state index contributed by atoms with van der Waals surface area (Å²) in [4.78, 5) is 76.7. The van der Waals surface area contributed by atoms with E-state index >= 15 is 0 Å². The number of nitrogens with zero attached hydrogens (tertiary/aromatic N) is 4. The summed E-state index contributed by atoms with van der Waals surface area (Å²) in [6.45, 7) is 8.97. The third kappa shape index (κ3) is 11.5. The number of hydrogen-bond acceptors (Lipinski definition) is 13. The SMILES string of the molecule is Cc1cc(C)c(-c2cc(C)c(OP(=O)(O)OCCC[C@H](C(=O)O)N3CCN(CC(=O)O)CCN(c4c(O)c(=O)c4=O)CCN(CC(=O)O)CC3)cc2C)c(C)c1. The number of phosphoric acid groups is 1. The fourth-order valence-electron chi connectivity index (χ4n) is 7.24. The standard InChI is InChI=1S/C38H51N4O13P/c1-23-17-26(4)33(27(5)18-23)28-19-25(3)30(20-24(28)2)55-56(52,53)54-16-6-7-29(38(50)51)41-12-8-39(21-31(43)44)10-14-42(34-35(47)37(49)36(34)48)15-11-40(9-13-41)22-32(45)46/h17-20,29,47H,6-16,21-22H2,1-5H3,(H,43,44)(H,45,46)(H,50,51)(H,52,53)/t29-/m1/s1. The molecular formula is C38H51N4O13P. The number of anilines is 1. The molecule has 1 fully saturated rings. The van der Waals surface area contributed by atoms with Crippen LogP contribution in [0.5, 0.6) is 11.5 Å². The predicted octanol–water partition coefficient (Wildman–Crippen LogP) is 2.52. The van der Waals surface area contributed by atoms with Gasteiger partial charge in [-0.25, -0.2) is 4.57 Å². The summed E-state index contributed by atoms with van der Waals surface area (Å²) >= 11 is 0. The molecule has 0 spiro atoms. The van der Waals surface area contributed by atoms with Crippen molar-refractivity contribution in [1.29, 1.82) is 0 Å². The number of carboxylic acid groups (broad SMARTS) is 3. The Morgan fingerprint density at radius 3 is 1.79 bits per heavy atom. The number of phosphoric ester groups is 1. The largest absolute Gasteiger partial charge is 0.527 e. The highest BCUT2D eigenvalue weighted by Crippen LogP contribution is 2.46. The smallest absolute Gasteiger partial charge is 0.502 e. The van der Waals surface area contributed by atoms with Gasteiger partial charge in [-0.15, -0.1) is 0 Å². The number of hydrogen-bond donors (Lipinski definition) is 5. The molecule has 1 aliphatic heterocycles. The van der Waals surface area contributed by atoms with Gasteiger partial charge >= 0.3 is 25.7 Å². The van der Waals surface area contributed by atoms with Gasteiger partial charge in [-0.3, -0.25) is 48.1 Å². The lowest BCUT2D eigenvalue weighted by molar-refractivity contribution is -0.145.